The van der Waals surface area contributed by atoms with Crippen molar-refractivity contribution in [3.8, 4) is 0 Å². The Labute approximate surface area is 152 Å². The van der Waals surface area contributed by atoms with E-state index in [4.69, 9.17) is 0 Å². The van der Waals surface area contributed by atoms with Crippen LogP contribution >= 0.6 is 11.3 Å². The molecule has 0 spiro atoms. The molecule has 0 aliphatic heterocycles. The second-order valence-electron chi connectivity index (χ2n) is 7.18. The first-order valence-corrected chi connectivity index (χ1v) is 10.2. The summed E-state index contributed by atoms with van der Waals surface area (Å²) < 4.78 is 30.8. The predicted octanol–water partition coefficient (Wildman–Crippen LogP) is 3.74. The average molecular weight is 379 g/mol. The van der Waals surface area contributed by atoms with Gasteiger partial charge in [0.2, 0.25) is 0 Å². The van der Waals surface area contributed by atoms with Gasteiger partial charge in [0.05, 0.1) is 32.3 Å². The highest BCUT2D eigenvalue weighted by Gasteiger charge is 2.24. The number of aryl methyl sites for hydroxylation is 2. The van der Waals surface area contributed by atoms with Crippen molar-refractivity contribution in [1.29, 1.82) is 0 Å². The van der Waals surface area contributed by atoms with Gasteiger partial charge < -0.3 is 0 Å². The van der Waals surface area contributed by atoms with Crippen molar-refractivity contribution in [3.63, 3.8) is 0 Å². The molecule has 0 saturated carbocycles. The molecule has 0 fully saturated rings. The van der Waals surface area contributed by atoms with Crippen LogP contribution in [0.4, 0.5) is 5.69 Å². The van der Waals surface area contributed by atoms with Crippen molar-refractivity contribution in [2.45, 2.75) is 44.9 Å². The fourth-order valence-corrected chi connectivity index (χ4v) is 5.21. The molecule has 0 saturated heterocycles. The van der Waals surface area contributed by atoms with Gasteiger partial charge in [-0.05, 0) is 32.0 Å². The van der Waals surface area contributed by atoms with Crippen LogP contribution in [0.3, 0.4) is 0 Å². The first kappa shape index (κ1) is 17.9. The van der Waals surface area contributed by atoms with Crippen molar-refractivity contribution in [1.82, 2.24) is 14.8 Å². The minimum atomic E-state index is -3.69. The molecule has 6 nitrogen and oxygen atoms in total. The van der Waals surface area contributed by atoms with E-state index in [2.05, 4.69) is 35.6 Å². The number of fused-ring (bicyclic) bond motifs is 1. The molecular formula is C17H22N4O2S2. The molecule has 2 heterocycles. The zero-order chi connectivity index (χ0) is 18.6. The average Bonchev–Trinajstić information content (AvgIpc) is 2.99. The molecule has 1 aromatic carbocycles. The van der Waals surface area contributed by atoms with Crippen molar-refractivity contribution in [3.05, 3.63) is 34.6 Å². The maximum absolute atomic E-state index is 12.8. The second kappa shape index (κ2) is 5.81. The van der Waals surface area contributed by atoms with E-state index in [1.807, 2.05) is 12.1 Å². The summed E-state index contributed by atoms with van der Waals surface area (Å²) in [5.74, 6) is 0. The lowest BCUT2D eigenvalue weighted by molar-refractivity contribution is 0.587. The maximum atomic E-state index is 12.8. The summed E-state index contributed by atoms with van der Waals surface area (Å²) in [6.45, 7) is 9.78. The predicted molar refractivity (Wildman–Crippen MR) is 102 cm³/mol. The number of anilines is 1. The third kappa shape index (κ3) is 3.28. The summed E-state index contributed by atoms with van der Waals surface area (Å²) in [6, 6.07) is 5.43. The smallest absolute Gasteiger partial charge is 0.265 e. The Balaban J connectivity index is 2.00. The van der Waals surface area contributed by atoms with Crippen LogP contribution in [0.1, 0.15) is 37.2 Å². The van der Waals surface area contributed by atoms with Crippen molar-refractivity contribution in [2.75, 3.05) is 4.72 Å². The Bertz CT molecular complexity index is 1060. The number of hydrogen-bond acceptors (Lipinski definition) is 5. The van der Waals surface area contributed by atoms with Crippen molar-refractivity contribution >= 4 is 37.3 Å². The quantitative estimate of drug-likeness (QED) is 0.753. The molecule has 3 rings (SSSR count). The van der Waals surface area contributed by atoms with Gasteiger partial charge in [-0.15, -0.1) is 11.3 Å². The highest BCUT2D eigenvalue weighted by atomic mass is 32.2. The number of thiazole rings is 1. The third-order valence-electron chi connectivity index (χ3n) is 3.99. The number of rotatable bonds is 3. The van der Waals surface area contributed by atoms with Gasteiger partial charge >= 0.3 is 0 Å². The molecule has 0 amide bonds. The molecule has 134 valence electrons. The number of nitrogens with zero attached hydrogens (tertiary/aromatic N) is 3. The standard InChI is InChI=1S/C17H22N4O2S2/c1-10-15(11(2)21(6)19-10)25(22,23)20-12-7-8-13-14(9-12)24-16(18-13)17(3,4)5/h7-9,20H,1-6H3. The highest BCUT2D eigenvalue weighted by Crippen LogP contribution is 2.33. The SMILES string of the molecule is Cc1nn(C)c(C)c1S(=O)(=O)Nc1ccc2nc(C(C)(C)C)sc2c1. The van der Waals surface area contributed by atoms with Crippen LogP contribution in [0, 0.1) is 13.8 Å². The summed E-state index contributed by atoms with van der Waals surface area (Å²) in [5.41, 5.74) is 2.47. The number of benzene rings is 1. The second-order valence-corrected chi connectivity index (χ2v) is 9.83. The van der Waals surface area contributed by atoms with E-state index in [0.29, 0.717) is 17.1 Å². The van der Waals surface area contributed by atoms with Crippen LogP contribution in [0.15, 0.2) is 23.1 Å². The molecule has 0 aliphatic rings. The minimum Gasteiger partial charge on any atom is -0.279 e. The summed E-state index contributed by atoms with van der Waals surface area (Å²) in [4.78, 5) is 4.87. The van der Waals surface area contributed by atoms with Gasteiger partial charge in [-0.1, -0.05) is 20.8 Å². The molecule has 0 bridgehead atoms. The molecule has 0 radical (unpaired) electrons. The lowest BCUT2D eigenvalue weighted by atomic mass is 9.98. The molecule has 0 unspecified atom stereocenters. The Morgan fingerprint density at radius 3 is 2.44 bits per heavy atom. The topological polar surface area (TPSA) is 76.9 Å². The number of hydrogen-bond donors (Lipinski definition) is 1. The monoisotopic (exact) mass is 378 g/mol. The minimum absolute atomic E-state index is 0.0344. The Morgan fingerprint density at radius 2 is 1.88 bits per heavy atom. The van der Waals surface area contributed by atoms with Gasteiger partial charge in [0, 0.05) is 12.5 Å². The number of aromatic nitrogens is 3. The van der Waals surface area contributed by atoms with E-state index >= 15 is 0 Å². The summed E-state index contributed by atoms with van der Waals surface area (Å²) >= 11 is 1.59. The van der Waals surface area contributed by atoms with Crippen LogP contribution < -0.4 is 4.72 Å². The molecule has 0 aliphatic carbocycles. The first-order valence-electron chi connectivity index (χ1n) is 7.93. The summed E-state index contributed by atoms with van der Waals surface area (Å²) in [6.07, 6.45) is 0. The zero-order valence-electron chi connectivity index (χ0n) is 15.2. The van der Waals surface area contributed by atoms with Crippen molar-refractivity contribution < 1.29 is 8.42 Å². The van der Waals surface area contributed by atoms with Crippen LogP contribution in [-0.4, -0.2) is 23.2 Å². The highest BCUT2D eigenvalue weighted by molar-refractivity contribution is 7.92. The molecule has 0 atom stereocenters. The Kier molecular flexibility index (Phi) is 4.15. The number of nitrogens with one attached hydrogen (secondary N) is 1. The van der Waals surface area contributed by atoms with Crippen LogP contribution in [0.2, 0.25) is 0 Å². The molecule has 1 N–H and O–H groups in total. The van der Waals surface area contributed by atoms with Gasteiger partial charge in [-0.3, -0.25) is 9.40 Å². The maximum Gasteiger partial charge on any atom is 0.265 e. The van der Waals surface area contributed by atoms with Gasteiger partial charge in [-0.25, -0.2) is 13.4 Å². The van der Waals surface area contributed by atoms with E-state index in [0.717, 1.165) is 15.2 Å². The largest absolute Gasteiger partial charge is 0.279 e. The third-order valence-corrected chi connectivity index (χ3v) is 7.07. The Hall–Kier alpha value is -1.93. The summed E-state index contributed by atoms with van der Waals surface area (Å²) in [5, 5.41) is 5.22. The van der Waals surface area contributed by atoms with E-state index in [1.54, 1.807) is 43.0 Å². The fourth-order valence-electron chi connectivity index (χ4n) is 2.66. The van der Waals surface area contributed by atoms with Gasteiger partial charge in [0.1, 0.15) is 4.90 Å². The van der Waals surface area contributed by atoms with Gasteiger partial charge in [-0.2, -0.15) is 5.10 Å². The van der Waals surface area contributed by atoms with Crippen LogP contribution in [0.25, 0.3) is 10.2 Å². The molecular weight excluding hydrogens is 356 g/mol. The lowest BCUT2D eigenvalue weighted by Crippen LogP contribution is -2.14. The normalized spacial score (nSPS) is 12.7. The molecule has 25 heavy (non-hydrogen) atoms. The van der Waals surface area contributed by atoms with E-state index in [1.165, 1.54) is 0 Å². The molecule has 3 aromatic rings. The molecule has 2 aromatic heterocycles. The Morgan fingerprint density at radius 1 is 1.20 bits per heavy atom. The first-order chi connectivity index (χ1) is 11.5. The van der Waals surface area contributed by atoms with Crippen LogP contribution in [0.5, 0.6) is 0 Å². The molecule has 8 heteroatoms. The van der Waals surface area contributed by atoms with E-state index in [-0.39, 0.29) is 10.3 Å². The summed E-state index contributed by atoms with van der Waals surface area (Å²) in [7, 11) is -1.96. The van der Waals surface area contributed by atoms with Gasteiger partial charge in [0.25, 0.3) is 10.0 Å². The fraction of sp³-hybridized carbons (Fsp3) is 0.412. The zero-order valence-corrected chi connectivity index (χ0v) is 16.8. The van der Waals surface area contributed by atoms with E-state index < -0.39 is 10.0 Å². The lowest BCUT2D eigenvalue weighted by Gasteiger charge is -2.13. The van der Waals surface area contributed by atoms with Gasteiger partial charge in [0.15, 0.2) is 0 Å². The number of sulfonamides is 1. The van der Waals surface area contributed by atoms with E-state index in [9.17, 15) is 8.42 Å². The van der Waals surface area contributed by atoms with Crippen molar-refractivity contribution in [2.24, 2.45) is 7.05 Å². The van der Waals surface area contributed by atoms with Crippen LogP contribution in [-0.2, 0) is 22.5 Å².